The standard InChI is InChI=1S/C53H53F5N2/c1-49(2,3)31-16-20-41-36(26-31)37-27-32(50(4,5)6)17-21-42(37)59(41)45-24-30(35-14-13-15-40(54)48(35)55)25-46(47(45)53(56,57)58)60-43-22-18-33(51(7,8)9)28-38(43)39-29-34(52(10,11)12)19-23-44(39)60/h13-29H,1-12H3. The Bertz CT molecular complexity index is 2700. The van der Waals surface area contributed by atoms with Crippen LogP contribution in [0.15, 0.2) is 103 Å². The van der Waals surface area contributed by atoms with Crippen molar-refractivity contribution >= 4 is 43.6 Å². The van der Waals surface area contributed by atoms with Crippen LogP contribution in [0.2, 0.25) is 0 Å². The summed E-state index contributed by atoms with van der Waals surface area (Å²) >= 11 is 0. The van der Waals surface area contributed by atoms with Crippen molar-refractivity contribution in [3.8, 4) is 22.5 Å². The topological polar surface area (TPSA) is 9.86 Å². The number of benzene rings is 6. The lowest BCUT2D eigenvalue weighted by molar-refractivity contribution is -0.137. The minimum atomic E-state index is -4.90. The van der Waals surface area contributed by atoms with Gasteiger partial charge in [-0.15, -0.1) is 0 Å². The fourth-order valence-electron chi connectivity index (χ4n) is 8.57. The van der Waals surface area contributed by atoms with E-state index in [0.717, 1.165) is 49.9 Å². The monoisotopic (exact) mass is 812 g/mol. The molecule has 2 heterocycles. The molecule has 0 atom stereocenters. The molecule has 2 nitrogen and oxygen atoms in total. The summed E-state index contributed by atoms with van der Waals surface area (Å²) in [4.78, 5) is 0. The van der Waals surface area contributed by atoms with Gasteiger partial charge in [-0.2, -0.15) is 13.2 Å². The molecule has 0 unspecified atom stereocenters. The molecule has 7 heteroatoms. The zero-order chi connectivity index (χ0) is 43.6. The maximum absolute atomic E-state index is 16.5. The van der Waals surface area contributed by atoms with Crippen molar-refractivity contribution in [3.63, 3.8) is 0 Å². The molecule has 0 amide bonds. The van der Waals surface area contributed by atoms with Crippen LogP contribution in [0.1, 0.15) is 111 Å². The number of halogens is 5. The molecule has 0 saturated heterocycles. The first-order valence-corrected chi connectivity index (χ1v) is 20.6. The second-order valence-corrected chi connectivity index (χ2v) is 20.6. The van der Waals surface area contributed by atoms with E-state index in [4.69, 9.17) is 0 Å². The molecule has 0 N–H and O–H groups in total. The second kappa shape index (κ2) is 13.5. The first-order valence-electron chi connectivity index (χ1n) is 20.6. The Balaban J connectivity index is 1.60. The Morgan fingerprint density at radius 3 is 1.00 bits per heavy atom. The molecule has 310 valence electrons. The number of aromatic nitrogens is 2. The van der Waals surface area contributed by atoms with E-state index in [-0.39, 0.29) is 44.2 Å². The molecular formula is C53H53F5N2. The van der Waals surface area contributed by atoms with Gasteiger partial charge in [0.05, 0.1) is 33.4 Å². The number of hydrogen-bond donors (Lipinski definition) is 0. The van der Waals surface area contributed by atoms with Crippen molar-refractivity contribution in [1.82, 2.24) is 9.13 Å². The summed E-state index contributed by atoms with van der Waals surface area (Å²) in [5.41, 5.74) is 4.23. The van der Waals surface area contributed by atoms with Gasteiger partial charge in [0.25, 0.3) is 0 Å². The Kier molecular flexibility index (Phi) is 9.32. The average Bonchev–Trinajstić information content (AvgIpc) is 3.65. The highest BCUT2D eigenvalue weighted by molar-refractivity contribution is 6.12. The maximum Gasteiger partial charge on any atom is 0.420 e. The molecule has 0 aliphatic carbocycles. The SMILES string of the molecule is CC(C)(C)c1ccc2c(c1)c1cc(C(C)(C)C)ccc1n2-c1cc(-c2cccc(F)c2F)cc(-n2c3ccc(C(C)(C)C)cc3c3cc(C(C)(C)C)ccc32)c1C(F)(F)F. The van der Waals surface area contributed by atoms with Crippen molar-refractivity contribution in [2.24, 2.45) is 0 Å². The number of hydrogen-bond acceptors (Lipinski definition) is 0. The molecule has 6 aromatic carbocycles. The number of alkyl halides is 3. The van der Waals surface area contributed by atoms with Crippen molar-refractivity contribution in [2.75, 3.05) is 0 Å². The molecule has 0 aliphatic heterocycles. The van der Waals surface area contributed by atoms with Crippen LogP contribution in [0.4, 0.5) is 22.0 Å². The van der Waals surface area contributed by atoms with Gasteiger partial charge in [0.1, 0.15) is 5.56 Å². The molecule has 0 bridgehead atoms. The third-order valence-electron chi connectivity index (χ3n) is 12.1. The molecular weight excluding hydrogens is 760 g/mol. The second-order valence-electron chi connectivity index (χ2n) is 20.6. The van der Waals surface area contributed by atoms with Crippen LogP contribution in [-0.4, -0.2) is 9.13 Å². The van der Waals surface area contributed by atoms with Crippen LogP contribution in [0.3, 0.4) is 0 Å². The van der Waals surface area contributed by atoms with Gasteiger partial charge >= 0.3 is 6.18 Å². The largest absolute Gasteiger partial charge is 0.420 e. The summed E-state index contributed by atoms with van der Waals surface area (Å²) in [5, 5.41) is 3.23. The maximum atomic E-state index is 16.5. The van der Waals surface area contributed by atoms with Gasteiger partial charge in [0.15, 0.2) is 11.6 Å². The molecule has 0 saturated carbocycles. The molecule has 60 heavy (non-hydrogen) atoms. The van der Waals surface area contributed by atoms with Crippen molar-refractivity contribution < 1.29 is 22.0 Å². The van der Waals surface area contributed by atoms with Gasteiger partial charge in [0.2, 0.25) is 0 Å². The highest BCUT2D eigenvalue weighted by Crippen LogP contribution is 2.48. The number of nitrogens with zero attached hydrogens (tertiary/aromatic N) is 2. The summed E-state index contributed by atoms with van der Waals surface area (Å²) in [7, 11) is 0. The lowest BCUT2D eigenvalue weighted by atomic mass is 9.85. The zero-order valence-corrected chi connectivity index (χ0v) is 36.6. The number of fused-ring (bicyclic) bond motifs is 6. The van der Waals surface area contributed by atoms with Gasteiger partial charge in [-0.05, 0) is 116 Å². The normalized spacial score (nSPS) is 13.4. The zero-order valence-electron chi connectivity index (χ0n) is 36.6. The lowest BCUT2D eigenvalue weighted by Gasteiger charge is -2.24. The highest BCUT2D eigenvalue weighted by atomic mass is 19.4. The van der Waals surface area contributed by atoms with Crippen molar-refractivity contribution in [1.29, 1.82) is 0 Å². The fraction of sp³-hybridized carbons (Fsp3) is 0.321. The van der Waals surface area contributed by atoms with E-state index in [1.165, 1.54) is 24.3 Å². The van der Waals surface area contributed by atoms with Gasteiger partial charge in [-0.3, -0.25) is 0 Å². The Morgan fingerprint density at radius 1 is 0.400 bits per heavy atom. The van der Waals surface area contributed by atoms with Crippen LogP contribution in [-0.2, 0) is 27.8 Å². The Morgan fingerprint density at radius 2 is 0.717 bits per heavy atom. The van der Waals surface area contributed by atoms with Gasteiger partial charge in [-0.1, -0.05) is 119 Å². The van der Waals surface area contributed by atoms with E-state index in [0.29, 0.717) is 22.1 Å². The van der Waals surface area contributed by atoms with E-state index >= 15 is 22.0 Å². The van der Waals surface area contributed by atoms with Crippen LogP contribution in [0, 0.1) is 11.6 Å². The molecule has 8 aromatic rings. The minimum absolute atomic E-state index is 0.116. The van der Waals surface area contributed by atoms with Crippen LogP contribution < -0.4 is 0 Å². The van der Waals surface area contributed by atoms with E-state index in [2.05, 4.69) is 107 Å². The van der Waals surface area contributed by atoms with Crippen LogP contribution in [0.25, 0.3) is 66.1 Å². The van der Waals surface area contributed by atoms with Gasteiger partial charge < -0.3 is 9.13 Å². The molecule has 2 aromatic heterocycles. The quantitative estimate of drug-likeness (QED) is 0.157. The lowest BCUT2D eigenvalue weighted by Crippen LogP contribution is -2.16. The predicted octanol–water partition coefficient (Wildman–Crippen LogP) is 16.0. The predicted molar refractivity (Wildman–Crippen MR) is 240 cm³/mol. The third-order valence-corrected chi connectivity index (χ3v) is 12.1. The first-order chi connectivity index (χ1) is 27.7. The molecule has 0 fully saturated rings. The van der Waals surface area contributed by atoms with Crippen molar-refractivity contribution in [2.45, 2.75) is 111 Å². The van der Waals surface area contributed by atoms with E-state index in [1.54, 1.807) is 9.13 Å². The van der Waals surface area contributed by atoms with E-state index in [1.807, 2.05) is 48.5 Å². The summed E-state index contributed by atoms with van der Waals surface area (Å²) < 4.78 is 83.9. The summed E-state index contributed by atoms with van der Waals surface area (Å²) in [6.07, 6.45) is -4.90. The summed E-state index contributed by atoms with van der Waals surface area (Å²) in [6.45, 7) is 25.3. The van der Waals surface area contributed by atoms with E-state index in [9.17, 15) is 0 Å². The Hall–Kier alpha value is -5.43. The molecule has 0 radical (unpaired) electrons. The molecule has 0 spiro atoms. The van der Waals surface area contributed by atoms with Gasteiger partial charge in [-0.25, -0.2) is 8.78 Å². The fourth-order valence-corrected chi connectivity index (χ4v) is 8.57. The molecule has 8 rings (SSSR count). The first kappa shape index (κ1) is 41.3. The summed E-state index contributed by atoms with van der Waals surface area (Å²) in [5.74, 6) is -2.22. The third kappa shape index (κ3) is 6.88. The van der Waals surface area contributed by atoms with Crippen LogP contribution in [0.5, 0.6) is 0 Å². The van der Waals surface area contributed by atoms with E-state index < -0.39 is 23.4 Å². The highest BCUT2D eigenvalue weighted by Gasteiger charge is 2.40. The molecule has 0 aliphatic rings. The summed E-state index contributed by atoms with van der Waals surface area (Å²) in [6, 6.07) is 30.4. The smallest absolute Gasteiger partial charge is 0.309 e. The minimum Gasteiger partial charge on any atom is -0.309 e. The van der Waals surface area contributed by atoms with Crippen LogP contribution >= 0.6 is 0 Å². The van der Waals surface area contributed by atoms with Gasteiger partial charge in [0, 0.05) is 27.1 Å². The number of rotatable bonds is 3. The Labute approximate surface area is 349 Å². The van der Waals surface area contributed by atoms with Crippen molar-refractivity contribution in [3.05, 3.63) is 143 Å². The average molecular weight is 813 g/mol.